The van der Waals surface area contributed by atoms with E-state index < -0.39 is 5.97 Å². The minimum atomic E-state index is -1.01. The molecule has 2 heterocycles. The second-order valence-corrected chi connectivity index (χ2v) is 7.77. The number of hydrogen-bond acceptors (Lipinski definition) is 3. The fraction of sp³-hybridized carbons (Fsp3) is 0.136. The van der Waals surface area contributed by atoms with Crippen LogP contribution in [0.4, 0.5) is 0 Å². The first-order valence-corrected chi connectivity index (χ1v) is 9.61. The van der Waals surface area contributed by atoms with Gasteiger partial charge in [0.25, 0.3) is 0 Å². The molecule has 2 aromatic heterocycles. The van der Waals surface area contributed by atoms with Crippen LogP contribution in [0, 0.1) is 20.8 Å². The predicted molar refractivity (Wildman–Crippen MR) is 113 cm³/mol. The highest BCUT2D eigenvalue weighted by Crippen LogP contribution is 2.35. The Kier molecular flexibility index (Phi) is 4.51. The van der Waals surface area contributed by atoms with Crippen LogP contribution >= 0.6 is 15.9 Å². The van der Waals surface area contributed by atoms with Crippen molar-refractivity contribution in [3.05, 3.63) is 75.5 Å². The number of fused-ring (bicyclic) bond motifs is 1. The third-order valence-corrected chi connectivity index (χ3v) is 5.17. The van der Waals surface area contributed by atoms with Gasteiger partial charge in [-0.1, -0.05) is 45.8 Å². The average molecular weight is 436 g/mol. The van der Waals surface area contributed by atoms with Crippen molar-refractivity contribution >= 4 is 32.8 Å². The maximum atomic E-state index is 12.4. The lowest BCUT2D eigenvalue weighted by atomic mass is 10.0. The Morgan fingerprint density at radius 3 is 2.36 bits per heavy atom. The van der Waals surface area contributed by atoms with Crippen LogP contribution in [-0.4, -0.2) is 25.8 Å². The Bertz CT molecular complexity index is 1230. The quantitative estimate of drug-likeness (QED) is 0.462. The Morgan fingerprint density at radius 2 is 1.75 bits per heavy atom. The lowest BCUT2D eigenvalue weighted by Crippen LogP contribution is -2.12. The molecule has 6 heteroatoms. The largest absolute Gasteiger partial charge is 0.478 e. The molecule has 0 aliphatic heterocycles. The van der Waals surface area contributed by atoms with Crippen molar-refractivity contribution in [2.45, 2.75) is 20.8 Å². The van der Waals surface area contributed by atoms with Gasteiger partial charge in [-0.15, -0.1) is 0 Å². The van der Waals surface area contributed by atoms with Crippen LogP contribution < -0.4 is 0 Å². The van der Waals surface area contributed by atoms with Gasteiger partial charge in [0, 0.05) is 21.1 Å². The van der Waals surface area contributed by atoms with Gasteiger partial charge in [0.05, 0.1) is 22.5 Å². The van der Waals surface area contributed by atoms with Crippen LogP contribution in [0.15, 0.2) is 53.0 Å². The first kappa shape index (κ1) is 18.4. The molecule has 0 aliphatic carbocycles. The van der Waals surface area contributed by atoms with Gasteiger partial charge < -0.3 is 5.11 Å². The molecule has 0 unspecified atom stereocenters. The van der Waals surface area contributed by atoms with Crippen molar-refractivity contribution < 1.29 is 9.90 Å². The summed E-state index contributed by atoms with van der Waals surface area (Å²) in [7, 11) is 0. The summed E-state index contributed by atoms with van der Waals surface area (Å²) < 4.78 is 2.48. The number of aryl methyl sites for hydroxylation is 3. The van der Waals surface area contributed by atoms with E-state index in [0.717, 1.165) is 27.0 Å². The molecule has 0 saturated heterocycles. The molecule has 4 rings (SSSR count). The monoisotopic (exact) mass is 435 g/mol. The number of carboxylic acid groups (broad SMARTS) is 1. The molecular formula is C22H18BrN3O2. The van der Waals surface area contributed by atoms with Crippen molar-refractivity contribution in [1.82, 2.24) is 14.8 Å². The smallest absolute Gasteiger partial charge is 0.338 e. The molecule has 0 radical (unpaired) electrons. The zero-order valence-electron chi connectivity index (χ0n) is 15.7. The van der Waals surface area contributed by atoms with Crippen LogP contribution in [0.25, 0.3) is 27.8 Å². The predicted octanol–water partition coefficient (Wildman–Crippen LogP) is 5.47. The second kappa shape index (κ2) is 6.87. The fourth-order valence-electron chi connectivity index (χ4n) is 3.42. The minimum absolute atomic E-state index is 0.188. The Hall–Kier alpha value is -2.99. The van der Waals surface area contributed by atoms with Gasteiger partial charge in [-0.3, -0.25) is 0 Å². The summed E-state index contributed by atoms with van der Waals surface area (Å²) in [4.78, 5) is 17.2. The summed E-state index contributed by atoms with van der Waals surface area (Å²) in [5.41, 5.74) is 5.53. The van der Waals surface area contributed by atoms with Gasteiger partial charge >= 0.3 is 5.97 Å². The topological polar surface area (TPSA) is 68.0 Å². The molecule has 0 bridgehead atoms. The molecule has 0 fully saturated rings. The number of hydrogen-bond donors (Lipinski definition) is 1. The van der Waals surface area contributed by atoms with Crippen molar-refractivity contribution in [3.63, 3.8) is 0 Å². The molecule has 0 saturated carbocycles. The summed E-state index contributed by atoms with van der Waals surface area (Å²) in [6.45, 7) is 5.82. The highest BCUT2D eigenvalue weighted by Gasteiger charge is 2.24. The standard InChI is InChI=1S/C22H18BrN3O2/c1-12-4-6-15(7-5-12)20-21(26-14(3)10-13(2)25-26)19(22(27)28)17-11-16(23)8-9-18(17)24-20/h4-11H,1-3H3,(H,27,28). The highest BCUT2D eigenvalue weighted by atomic mass is 79.9. The summed E-state index contributed by atoms with van der Waals surface area (Å²) in [5.74, 6) is -1.01. The number of aromatic carboxylic acids is 1. The third kappa shape index (κ3) is 3.10. The molecular weight excluding hydrogens is 418 g/mol. The number of aromatic nitrogens is 3. The van der Waals surface area contributed by atoms with Crippen LogP contribution in [0.1, 0.15) is 27.3 Å². The number of rotatable bonds is 3. The Labute approximate surface area is 170 Å². The Balaban J connectivity index is 2.19. The number of halogens is 1. The molecule has 0 amide bonds. The van der Waals surface area contributed by atoms with Crippen molar-refractivity contribution in [1.29, 1.82) is 0 Å². The summed E-state index contributed by atoms with van der Waals surface area (Å²) >= 11 is 3.44. The van der Waals surface area contributed by atoms with Crippen molar-refractivity contribution in [2.24, 2.45) is 0 Å². The van der Waals surface area contributed by atoms with Crippen LogP contribution in [-0.2, 0) is 0 Å². The van der Waals surface area contributed by atoms with Gasteiger partial charge in [-0.05, 0) is 45.0 Å². The van der Waals surface area contributed by atoms with E-state index in [1.54, 1.807) is 10.7 Å². The van der Waals surface area contributed by atoms with Gasteiger partial charge in [0.1, 0.15) is 5.69 Å². The molecule has 0 aliphatic rings. The van der Waals surface area contributed by atoms with E-state index in [4.69, 9.17) is 4.98 Å². The van der Waals surface area contributed by atoms with E-state index >= 15 is 0 Å². The van der Waals surface area contributed by atoms with E-state index in [-0.39, 0.29) is 5.56 Å². The number of pyridine rings is 1. The first-order valence-electron chi connectivity index (χ1n) is 8.82. The normalized spacial score (nSPS) is 11.1. The van der Waals surface area contributed by atoms with E-state index in [2.05, 4.69) is 21.0 Å². The maximum Gasteiger partial charge on any atom is 0.338 e. The highest BCUT2D eigenvalue weighted by molar-refractivity contribution is 9.10. The molecule has 0 spiro atoms. The Morgan fingerprint density at radius 1 is 1.04 bits per heavy atom. The lowest BCUT2D eigenvalue weighted by molar-refractivity contribution is 0.0699. The second-order valence-electron chi connectivity index (χ2n) is 6.86. The first-order chi connectivity index (χ1) is 13.3. The van der Waals surface area contributed by atoms with E-state index in [9.17, 15) is 9.90 Å². The molecule has 0 atom stereocenters. The van der Waals surface area contributed by atoms with Gasteiger partial charge in [0.2, 0.25) is 0 Å². The average Bonchev–Trinajstić information content (AvgIpc) is 2.98. The van der Waals surface area contributed by atoms with E-state index in [1.165, 1.54) is 0 Å². The molecule has 5 nitrogen and oxygen atoms in total. The molecule has 28 heavy (non-hydrogen) atoms. The van der Waals surface area contributed by atoms with E-state index in [0.29, 0.717) is 22.3 Å². The summed E-state index contributed by atoms with van der Waals surface area (Å²) in [6.07, 6.45) is 0. The molecule has 1 N–H and O–H groups in total. The lowest BCUT2D eigenvalue weighted by Gasteiger charge is -2.17. The van der Waals surface area contributed by atoms with Gasteiger partial charge in [-0.2, -0.15) is 5.10 Å². The molecule has 2 aromatic carbocycles. The third-order valence-electron chi connectivity index (χ3n) is 4.68. The summed E-state index contributed by atoms with van der Waals surface area (Å²) in [5, 5.41) is 15.3. The number of nitrogens with zero attached hydrogens (tertiary/aromatic N) is 3. The number of carbonyl (C=O) groups is 1. The zero-order chi connectivity index (χ0) is 20.0. The molecule has 4 aromatic rings. The van der Waals surface area contributed by atoms with Gasteiger partial charge in [-0.25, -0.2) is 14.5 Å². The van der Waals surface area contributed by atoms with Crippen LogP contribution in [0.3, 0.4) is 0 Å². The number of carboxylic acids is 1. The molecule has 140 valence electrons. The van der Waals surface area contributed by atoms with Crippen molar-refractivity contribution in [3.8, 4) is 16.9 Å². The van der Waals surface area contributed by atoms with E-state index in [1.807, 2.05) is 63.2 Å². The number of benzene rings is 2. The SMILES string of the molecule is Cc1ccc(-c2nc3ccc(Br)cc3c(C(=O)O)c2-n2nc(C)cc2C)cc1. The van der Waals surface area contributed by atoms with Gasteiger partial charge in [0.15, 0.2) is 0 Å². The maximum absolute atomic E-state index is 12.4. The van der Waals surface area contributed by atoms with Crippen LogP contribution in [0.5, 0.6) is 0 Å². The van der Waals surface area contributed by atoms with Crippen LogP contribution in [0.2, 0.25) is 0 Å². The van der Waals surface area contributed by atoms with Crippen molar-refractivity contribution in [2.75, 3.05) is 0 Å². The minimum Gasteiger partial charge on any atom is -0.478 e. The fourth-order valence-corrected chi connectivity index (χ4v) is 3.78. The zero-order valence-corrected chi connectivity index (χ0v) is 17.3. The summed E-state index contributed by atoms with van der Waals surface area (Å²) in [6, 6.07) is 15.3.